The summed E-state index contributed by atoms with van der Waals surface area (Å²) in [7, 11) is 0. The van der Waals surface area contributed by atoms with Gasteiger partial charge in [0.1, 0.15) is 12.1 Å². The summed E-state index contributed by atoms with van der Waals surface area (Å²) in [4.78, 5) is 38.9. The minimum absolute atomic E-state index is 0.0557. The average Bonchev–Trinajstić information content (AvgIpc) is 3.16. The van der Waals surface area contributed by atoms with E-state index in [1.54, 1.807) is 6.92 Å². The Morgan fingerprint density at radius 3 is 2.32 bits per heavy atom. The second-order valence-electron chi connectivity index (χ2n) is 8.98. The number of fused-ring (bicyclic) bond motifs is 3. The molecule has 0 bridgehead atoms. The van der Waals surface area contributed by atoms with Crippen molar-refractivity contribution < 1.29 is 29.0 Å². The maximum Gasteiger partial charge on any atom is 0.408 e. The Hall–Kier alpha value is -3.39. The van der Waals surface area contributed by atoms with Crippen LogP contribution in [0.15, 0.2) is 48.5 Å². The number of nitrogens with one attached hydrogen (secondary N) is 1. The van der Waals surface area contributed by atoms with Crippen LogP contribution in [-0.2, 0) is 19.1 Å². The molecule has 2 aromatic carbocycles. The Morgan fingerprint density at radius 1 is 1.12 bits per heavy atom. The lowest BCUT2D eigenvalue weighted by atomic mass is 9.94. The lowest BCUT2D eigenvalue weighted by molar-refractivity contribution is -0.161. The number of hydrogen-bond donors (Lipinski definition) is 2. The van der Waals surface area contributed by atoms with Crippen LogP contribution in [0.1, 0.15) is 43.7 Å². The Balaban J connectivity index is 1.44. The summed E-state index contributed by atoms with van der Waals surface area (Å²) < 4.78 is 10.9. The highest BCUT2D eigenvalue weighted by molar-refractivity contribution is 5.90. The van der Waals surface area contributed by atoms with Gasteiger partial charge in [-0.2, -0.15) is 0 Å². The topological polar surface area (TPSA) is 105 Å². The lowest BCUT2D eigenvalue weighted by Gasteiger charge is -2.38. The number of rotatable bonds is 7. The normalized spacial score (nSPS) is 19.0. The molecule has 1 aliphatic heterocycles. The molecule has 0 aromatic heterocycles. The standard InChI is InChI=1S/C26H30N2O6/c1-3-12-26(2,24(31)28-13-14-33-22(15-28)23(29)30)27-25(32)34-16-21-19-10-6-4-8-17(19)18-9-5-7-11-20(18)21/h4-11,21-22H,3,12-16H2,1-2H3,(H,27,32)(H,29,30). The van der Waals surface area contributed by atoms with Crippen molar-refractivity contribution in [2.24, 2.45) is 0 Å². The van der Waals surface area contributed by atoms with Gasteiger partial charge in [0.25, 0.3) is 0 Å². The first-order chi connectivity index (χ1) is 16.3. The zero-order valence-corrected chi connectivity index (χ0v) is 19.5. The summed E-state index contributed by atoms with van der Waals surface area (Å²) in [6.07, 6.45) is -0.698. The summed E-state index contributed by atoms with van der Waals surface area (Å²) in [6.45, 7) is 4.08. The van der Waals surface area contributed by atoms with Crippen molar-refractivity contribution >= 4 is 18.0 Å². The fourth-order valence-corrected chi connectivity index (χ4v) is 4.91. The molecule has 2 unspecified atom stereocenters. The Labute approximate surface area is 198 Å². The molecule has 2 amide bonds. The van der Waals surface area contributed by atoms with Crippen LogP contribution in [0, 0.1) is 0 Å². The van der Waals surface area contributed by atoms with E-state index in [-0.39, 0.29) is 38.1 Å². The maximum atomic E-state index is 13.3. The van der Waals surface area contributed by atoms with Gasteiger partial charge in [-0.05, 0) is 35.6 Å². The number of carbonyl (C=O) groups excluding carboxylic acids is 2. The quantitative estimate of drug-likeness (QED) is 0.648. The number of morpholine rings is 1. The predicted octanol–water partition coefficient (Wildman–Crippen LogP) is 3.40. The van der Waals surface area contributed by atoms with E-state index >= 15 is 0 Å². The van der Waals surface area contributed by atoms with Crippen molar-refractivity contribution in [1.82, 2.24) is 10.2 Å². The van der Waals surface area contributed by atoms with Crippen LogP contribution in [-0.4, -0.2) is 65.9 Å². The number of carbonyl (C=O) groups is 3. The number of alkyl carbamates (subject to hydrolysis) is 1. The van der Waals surface area contributed by atoms with Gasteiger partial charge >= 0.3 is 12.1 Å². The molecule has 0 radical (unpaired) electrons. The lowest BCUT2D eigenvalue weighted by Crippen LogP contribution is -2.61. The molecular formula is C26H30N2O6. The number of carboxylic acids is 1. The van der Waals surface area contributed by atoms with Gasteiger partial charge in [0.15, 0.2) is 6.10 Å². The van der Waals surface area contributed by atoms with Crippen LogP contribution in [0.25, 0.3) is 11.1 Å². The van der Waals surface area contributed by atoms with E-state index in [4.69, 9.17) is 9.47 Å². The Morgan fingerprint density at radius 2 is 1.74 bits per heavy atom. The molecule has 0 saturated carbocycles. The van der Waals surface area contributed by atoms with Crippen LogP contribution >= 0.6 is 0 Å². The van der Waals surface area contributed by atoms with Crippen LogP contribution in [0.2, 0.25) is 0 Å². The summed E-state index contributed by atoms with van der Waals surface area (Å²) >= 11 is 0. The van der Waals surface area contributed by atoms with Crippen molar-refractivity contribution in [1.29, 1.82) is 0 Å². The largest absolute Gasteiger partial charge is 0.479 e. The van der Waals surface area contributed by atoms with Crippen LogP contribution in [0.5, 0.6) is 0 Å². The minimum atomic E-state index is -1.21. The molecule has 2 aliphatic rings. The summed E-state index contributed by atoms with van der Waals surface area (Å²) in [5.41, 5.74) is 3.28. The highest BCUT2D eigenvalue weighted by Crippen LogP contribution is 2.44. The molecule has 8 nitrogen and oxygen atoms in total. The van der Waals surface area contributed by atoms with Crippen LogP contribution in [0.3, 0.4) is 0 Å². The van der Waals surface area contributed by atoms with Crippen molar-refractivity contribution in [3.8, 4) is 11.1 Å². The molecule has 1 aliphatic carbocycles. The van der Waals surface area contributed by atoms with Gasteiger partial charge in [-0.3, -0.25) is 4.79 Å². The summed E-state index contributed by atoms with van der Waals surface area (Å²) in [6, 6.07) is 16.2. The first kappa shape index (κ1) is 23.8. The molecule has 34 heavy (non-hydrogen) atoms. The third-order valence-corrected chi connectivity index (χ3v) is 6.57. The van der Waals surface area contributed by atoms with Gasteiger partial charge in [-0.15, -0.1) is 0 Å². The summed E-state index contributed by atoms with van der Waals surface area (Å²) in [5.74, 6) is -1.53. The molecule has 1 saturated heterocycles. The summed E-state index contributed by atoms with van der Waals surface area (Å²) in [5, 5.41) is 12.0. The van der Waals surface area contributed by atoms with Gasteiger partial charge in [0, 0.05) is 12.5 Å². The number of ether oxygens (including phenoxy) is 2. The molecule has 180 valence electrons. The van der Waals surface area contributed by atoms with E-state index in [0.29, 0.717) is 12.8 Å². The predicted molar refractivity (Wildman–Crippen MR) is 125 cm³/mol. The van der Waals surface area contributed by atoms with E-state index in [1.165, 1.54) is 4.90 Å². The molecule has 4 rings (SSSR count). The zero-order valence-electron chi connectivity index (χ0n) is 19.5. The highest BCUT2D eigenvalue weighted by Gasteiger charge is 2.41. The second kappa shape index (κ2) is 9.85. The van der Waals surface area contributed by atoms with E-state index in [9.17, 15) is 19.5 Å². The zero-order chi connectivity index (χ0) is 24.3. The van der Waals surface area contributed by atoms with Gasteiger partial charge in [-0.25, -0.2) is 9.59 Å². The fourth-order valence-electron chi connectivity index (χ4n) is 4.91. The molecule has 2 atom stereocenters. The van der Waals surface area contributed by atoms with Crippen molar-refractivity contribution in [2.45, 2.75) is 44.2 Å². The van der Waals surface area contributed by atoms with Gasteiger partial charge in [0.2, 0.25) is 5.91 Å². The number of aliphatic carboxylic acids is 1. The van der Waals surface area contributed by atoms with Crippen molar-refractivity contribution in [3.63, 3.8) is 0 Å². The average molecular weight is 467 g/mol. The maximum absolute atomic E-state index is 13.3. The minimum Gasteiger partial charge on any atom is -0.479 e. The van der Waals surface area contributed by atoms with Gasteiger partial charge < -0.3 is 24.8 Å². The monoisotopic (exact) mass is 466 g/mol. The molecular weight excluding hydrogens is 436 g/mol. The van der Waals surface area contributed by atoms with E-state index in [2.05, 4.69) is 17.4 Å². The number of nitrogens with zero attached hydrogens (tertiary/aromatic N) is 1. The van der Waals surface area contributed by atoms with E-state index in [1.807, 2.05) is 43.3 Å². The van der Waals surface area contributed by atoms with Gasteiger partial charge in [0.05, 0.1) is 13.2 Å². The van der Waals surface area contributed by atoms with Crippen LogP contribution < -0.4 is 5.32 Å². The highest BCUT2D eigenvalue weighted by atomic mass is 16.5. The van der Waals surface area contributed by atoms with Crippen LogP contribution in [0.4, 0.5) is 4.79 Å². The van der Waals surface area contributed by atoms with E-state index < -0.39 is 23.7 Å². The third-order valence-electron chi connectivity index (χ3n) is 6.57. The number of hydrogen-bond acceptors (Lipinski definition) is 5. The molecule has 2 N–H and O–H groups in total. The van der Waals surface area contributed by atoms with Gasteiger partial charge in [-0.1, -0.05) is 61.9 Å². The molecule has 0 spiro atoms. The second-order valence-corrected chi connectivity index (χ2v) is 8.98. The Bertz CT molecular complexity index is 1040. The number of benzene rings is 2. The molecule has 8 heteroatoms. The van der Waals surface area contributed by atoms with Crippen molar-refractivity contribution in [3.05, 3.63) is 59.7 Å². The molecule has 1 fully saturated rings. The number of amides is 2. The Kier molecular flexibility index (Phi) is 6.88. The first-order valence-electron chi connectivity index (χ1n) is 11.6. The molecule has 1 heterocycles. The smallest absolute Gasteiger partial charge is 0.408 e. The fraction of sp³-hybridized carbons (Fsp3) is 0.423. The molecule has 2 aromatic rings. The van der Waals surface area contributed by atoms with E-state index in [0.717, 1.165) is 22.3 Å². The van der Waals surface area contributed by atoms with Crippen molar-refractivity contribution in [2.75, 3.05) is 26.3 Å². The SMILES string of the molecule is CCCC(C)(NC(=O)OCC1c2ccccc2-c2ccccc21)C(=O)N1CCOC(C(=O)O)C1. The first-order valence-corrected chi connectivity index (χ1v) is 11.6. The third kappa shape index (κ3) is 4.63. The number of carboxylic acid groups (broad SMARTS) is 1.